The normalized spacial score (nSPS) is 13.7. The van der Waals surface area contributed by atoms with Crippen molar-refractivity contribution in [2.24, 2.45) is 0 Å². The molecule has 0 N–H and O–H groups in total. The standard InChI is InChI=1S/C21H28N2O4.2ClH/c1-24-18-8-6-5-7-17(18)23-11-9-22(10-12-23)15-16-13-19(25-2)21(27-4)20(14-16)26-3;;/h5-8,13-14H,9-12,15H2,1-4H3;2*1H. The highest BCUT2D eigenvalue weighted by molar-refractivity contribution is 5.85. The van der Waals surface area contributed by atoms with Crippen LogP contribution in [0.4, 0.5) is 5.69 Å². The fourth-order valence-corrected chi connectivity index (χ4v) is 3.52. The molecule has 0 saturated carbocycles. The lowest BCUT2D eigenvalue weighted by Gasteiger charge is -2.36. The van der Waals surface area contributed by atoms with Gasteiger partial charge in [-0.3, -0.25) is 4.90 Å². The number of rotatable bonds is 7. The van der Waals surface area contributed by atoms with Crippen molar-refractivity contribution in [3.63, 3.8) is 0 Å². The van der Waals surface area contributed by atoms with Crippen molar-refractivity contribution < 1.29 is 18.9 Å². The second kappa shape index (κ2) is 11.9. The van der Waals surface area contributed by atoms with E-state index in [1.807, 2.05) is 24.3 Å². The van der Waals surface area contributed by atoms with E-state index >= 15 is 0 Å². The minimum atomic E-state index is 0. The smallest absolute Gasteiger partial charge is 0.203 e. The third-order valence-electron chi connectivity index (χ3n) is 4.93. The summed E-state index contributed by atoms with van der Waals surface area (Å²) < 4.78 is 21.8. The molecule has 2 aromatic carbocycles. The Labute approximate surface area is 185 Å². The average Bonchev–Trinajstić information content (AvgIpc) is 2.73. The Balaban J connectivity index is 0.00000210. The summed E-state index contributed by atoms with van der Waals surface area (Å²) in [5.74, 6) is 2.94. The first-order valence-corrected chi connectivity index (χ1v) is 9.09. The highest BCUT2D eigenvalue weighted by Gasteiger charge is 2.21. The molecule has 0 aromatic heterocycles. The Hall–Kier alpha value is -2.02. The van der Waals surface area contributed by atoms with Crippen molar-refractivity contribution in [1.29, 1.82) is 0 Å². The molecular weight excluding hydrogens is 415 g/mol. The molecule has 1 aliphatic heterocycles. The van der Waals surface area contributed by atoms with Gasteiger partial charge >= 0.3 is 0 Å². The van der Waals surface area contributed by atoms with Crippen LogP contribution in [0.2, 0.25) is 0 Å². The van der Waals surface area contributed by atoms with E-state index in [1.165, 1.54) is 0 Å². The second-order valence-corrected chi connectivity index (χ2v) is 6.47. The van der Waals surface area contributed by atoms with Crippen molar-refractivity contribution in [2.45, 2.75) is 6.54 Å². The molecule has 162 valence electrons. The van der Waals surface area contributed by atoms with Gasteiger partial charge in [0, 0.05) is 32.7 Å². The molecular formula is C21H30Cl2N2O4. The summed E-state index contributed by atoms with van der Waals surface area (Å²) in [6.45, 7) is 4.73. The number of ether oxygens (including phenoxy) is 4. The molecule has 1 fully saturated rings. The summed E-state index contributed by atoms with van der Waals surface area (Å²) in [4.78, 5) is 4.82. The number of hydrogen-bond donors (Lipinski definition) is 0. The fourth-order valence-electron chi connectivity index (χ4n) is 3.52. The van der Waals surface area contributed by atoms with E-state index in [0.717, 1.165) is 49.7 Å². The molecule has 1 saturated heterocycles. The Morgan fingerprint density at radius 3 is 1.79 bits per heavy atom. The van der Waals surface area contributed by atoms with Gasteiger partial charge in [-0.15, -0.1) is 24.8 Å². The van der Waals surface area contributed by atoms with Gasteiger partial charge < -0.3 is 23.8 Å². The lowest BCUT2D eigenvalue weighted by atomic mass is 10.1. The summed E-state index contributed by atoms with van der Waals surface area (Å²) in [5, 5.41) is 0. The van der Waals surface area contributed by atoms with Gasteiger partial charge in [0.2, 0.25) is 5.75 Å². The second-order valence-electron chi connectivity index (χ2n) is 6.47. The van der Waals surface area contributed by atoms with Crippen molar-refractivity contribution in [1.82, 2.24) is 4.90 Å². The summed E-state index contributed by atoms with van der Waals surface area (Å²) >= 11 is 0. The van der Waals surface area contributed by atoms with Crippen LogP contribution in [0.25, 0.3) is 0 Å². The number of methoxy groups -OCH3 is 4. The Morgan fingerprint density at radius 1 is 0.724 bits per heavy atom. The van der Waals surface area contributed by atoms with Gasteiger partial charge in [-0.1, -0.05) is 12.1 Å². The zero-order valence-corrected chi connectivity index (χ0v) is 19.0. The molecule has 0 atom stereocenters. The predicted octanol–water partition coefficient (Wildman–Crippen LogP) is 3.89. The number of anilines is 1. The number of para-hydroxylation sites is 2. The molecule has 3 rings (SSSR count). The average molecular weight is 445 g/mol. The quantitative estimate of drug-likeness (QED) is 0.645. The number of benzene rings is 2. The van der Waals surface area contributed by atoms with Gasteiger partial charge in [-0.2, -0.15) is 0 Å². The minimum Gasteiger partial charge on any atom is -0.495 e. The van der Waals surface area contributed by atoms with Crippen LogP contribution < -0.4 is 23.8 Å². The first-order valence-electron chi connectivity index (χ1n) is 9.09. The van der Waals surface area contributed by atoms with Crippen LogP contribution in [0.1, 0.15) is 5.56 Å². The molecule has 29 heavy (non-hydrogen) atoms. The van der Waals surface area contributed by atoms with Crippen LogP contribution in [0.3, 0.4) is 0 Å². The molecule has 6 nitrogen and oxygen atoms in total. The van der Waals surface area contributed by atoms with Crippen LogP contribution in [-0.4, -0.2) is 59.5 Å². The van der Waals surface area contributed by atoms with Gasteiger partial charge in [0.1, 0.15) is 5.75 Å². The van der Waals surface area contributed by atoms with Gasteiger partial charge in [0.05, 0.1) is 34.1 Å². The summed E-state index contributed by atoms with van der Waals surface area (Å²) in [6.07, 6.45) is 0. The number of nitrogens with zero attached hydrogens (tertiary/aromatic N) is 2. The number of piperazine rings is 1. The minimum absolute atomic E-state index is 0. The van der Waals surface area contributed by atoms with E-state index in [2.05, 4.69) is 21.9 Å². The lowest BCUT2D eigenvalue weighted by molar-refractivity contribution is 0.247. The van der Waals surface area contributed by atoms with E-state index in [4.69, 9.17) is 18.9 Å². The fraction of sp³-hybridized carbons (Fsp3) is 0.429. The third kappa shape index (κ3) is 5.75. The summed E-state index contributed by atoms with van der Waals surface area (Å²) in [6, 6.07) is 12.2. The summed E-state index contributed by atoms with van der Waals surface area (Å²) in [5.41, 5.74) is 2.31. The predicted molar refractivity (Wildman–Crippen MR) is 121 cm³/mol. The van der Waals surface area contributed by atoms with Gasteiger partial charge in [0.15, 0.2) is 11.5 Å². The van der Waals surface area contributed by atoms with Gasteiger partial charge in [0.25, 0.3) is 0 Å². The maximum Gasteiger partial charge on any atom is 0.203 e. The molecule has 1 aliphatic rings. The zero-order chi connectivity index (χ0) is 19.2. The Bertz CT molecular complexity index is 743. The number of hydrogen-bond acceptors (Lipinski definition) is 6. The maximum atomic E-state index is 5.50. The zero-order valence-electron chi connectivity index (χ0n) is 17.3. The molecule has 2 aromatic rings. The SMILES string of the molecule is COc1ccccc1N1CCN(Cc2cc(OC)c(OC)c(OC)c2)CC1.Cl.Cl. The van der Waals surface area contributed by atoms with Crippen LogP contribution >= 0.6 is 24.8 Å². The first kappa shape index (κ1) is 25.0. The Morgan fingerprint density at radius 2 is 1.28 bits per heavy atom. The van der Waals surface area contributed by atoms with E-state index in [0.29, 0.717) is 17.2 Å². The van der Waals surface area contributed by atoms with Crippen LogP contribution in [0, 0.1) is 0 Å². The lowest BCUT2D eigenvalue weighted by Crippen LogP contribution is -2.46. The number of halogens is 2. The molecule has 0 spiro atoms. The molecule has 0 aliphatic carbocycles. The molecule has 0 radical (unpaired) electrons. The largest absolute Gasteiger partial charge is 0.495 e. The molecule has 8 heteroatoms. The van der Waals surface area contributed by atoms with Gasteiger partial charge in [-0.05, 0) is 29.8 Å². The van der Waals surface area contributed by atoms with Crippen LogP contribution in [-0.2, 0) is 6.54 Å². The highest BCUT2D eigenvalue weighted by atomic mass is 35.5. The molecule has 0 amide bonds. The van der Waals surface area contributed by atoms with Crippen molar-refractivity contribution in [3.05, 3.63) is 42.0 Å². The van der Waals surface area contributed by atoms with Crippen molar-refractivity contribution >= 4 is 30.5 Å². The van der Waals surface area contributed by atoms with E-state index < -0.39 is 0 Å². The molecule has 0 bridgehead atoms. The van der Waals surface area contributed by atoms with Crippen LogP contribution in [0.5, 0.6) is 23.0 Å². The highest BCUT2D eigenvalue weighted by Crippen LogP contribution is 2.38. The van der Waals surface area contributed by atoms with Crippen molar-refractivity contribution in [3.8, 4) is 23.0 Å². The van der Waals surface area contributed by atoms with Crippen molar-refractivity contribution in [2.75, 3.05) is 59.5 Å². The molecule has 1 heterocycles. The Kier molecular flexibility index (Phi) is 10.2. The summed E-state index contributed by atoms with van der Waals surface area (Å²) in [7, 11) is 6.64. The van der Waals surface area contributed by atoms with E-state index in [9.17, 15) is 0 Å². The van der Waals surface area contributed by atoms with Gasteiger partial charge in [-0.25, -0.2) is 0 Å². The van der Waals surface area contributed by atoms with Crippen LogP contribution in [0.15, 0.2) is 36.4 Å². The monoisotopic (exact) mass is 444 g/mol. The first-order chi connectivity index (χ1) is 13.2. The van der Waals surface area contributed by atoms with E-state index in [-0.39, 0.29) is 24.8 Å². The molecule has 0 unspecified atom stereocenters. The maximum absolute atomic E-state index is 5.50. The topological polar surface area (TPSA) is 43.4 Å². The van der Waals surface area contributed by atoms with E-state index in [1.54, 1.807) is 28.4 Å². The third-order valence-corrected chi connectivity index (χ3v) is 4.93.